The summed E-state index contributed by atoms with van der Waals surface area (Å²) in [5.74, 6) is 0.329. The van der Waals surface area contributed by atoms with E-state index in [1.165, 1.54) is 29.7 Å². The number of nitrogens with two attached hydrogens (primary N) is 1. The van der Waals surface area contributed by atoms with E-state index in [0.29, 0.717) is 16.7 Å². The monoisotopic (exact) mass is 276 g/mol. The van der Waals surface area contributed by atoms with Crippen molar-refractivity contribution in [2.45, 2.75) is 10.8 Å². The van der Waals surface area contributed by atoms with Crippen molar-refractivity contribution in [2.75, 3.05) is 21.1 Å². The number of nitrogens with one attached hydrogen (secondary N) is 1. The maximum Gasteiger partial charge on any atom is 0.252 e. The molecule has 0 bridgehead atoms. The molecule has 8 heteroatoms. The molecule has 17 heavy (non-hydrogen) atoms. The van der Waals surface area contributed by atoms with Crippen LogP contribution in [0, 0.1) is 0 Å². The highest BCUT2D eigenvalue weighted by Gasteiger charge is 2.19. The maximum atomic E-state index is 11.8. The molecule has 0 saturated heterocycles. The summed E-state index contributed by atoms with van der Waals surface area (Å²) < 4.78 is 25.1. The Morgan fingerprint density at radius 1 is 1.53 bits per heavy atom. The molecule has 0 aromatic carbocycles. The Balaban J connectivity index is 2.79. The Morgan fingerprint density at radius 3 is 2.71 bits per heavy atom. The fourth-order valence-corrected chi connectivity index (χ4v) is 3.49. The van der Waals surface area contributed by atoms with Crippen LogP contribution in [0.25, 0.3) is 0 Å². The van der Waals surface area contributed by atoms with Gasteiger partial charge in [0.1, 0.15) is 4.21 Å². The van der Waals surface area contributed by atoms with Gasteiger partial charge in [0.2, 0.25) is 0 Å². The standard InChI is InChI=1S/C9H16N4O2S2/c1-11-9(10)12-6-7-4-5-8(16-7)17(14,15)13(2)3/h4-5H,6H2,1-3H3,(H3,10,11,12). The molecule has 0 aliphatic heterocycles. The molecule has 0 fully saturated rings. The third-order valence-corrected chi connectivity index (χ3v) is 5.42. The van der Waals surface area contributed by atoms with E-state index < -0.39 is 10.0 Å². The number of sulfonamides is 1. The van der Waals surface area contributed by atoms with Crippen LogP contribution < -0.4 is 11.1 Å². The molecule has 3 N–H and O–H groups in total. The second kappa shape index (κ2) is 5.48. The Morgan fingerprint density at radius 2 is 2.18 bits per heavy atom. The van der Waals surface area contributed by atoms with Crippen LogP contribution in [-0.4, -0.2) is 39.8 Å². The minimum atomic E-state index is -3.34. The summed E-state index contributed by atoms with van der Waals surface area (Å²) in [5.41, 5.74) is 5.48. The summed E-state index contributed by atoms with van der Waals surface area (Å²) in [6, 6.07) is 3.35. The molecule has 1 rings (SSSR count). The predicted octanol–water partition coefficient (Wildman–Crippen LogP) is 0.0325. The van der Waals surface area contributed by atoms with E-state index in [9.17, 15) is 8.42 Å². The molecule has 0 radical (unpaired) electrons. The van der Waals surface area contributed by atoms with Gasteiger partial charge in [-0.1, -0.05) is 0 Å². The first kappa shape index (κ1) is 13.9. The molecule has 0 atom stereocenters. The molecule has 0 amide bonds. The summed E-state index contributed by atoms with van der Waals surface area (Å²) in [5, 5.41) is 2.87. The highest BCUT2D eigenvalue weighted by molar-refractivity contribution is 7.91. The minimum Gasteiger partial charge on any atom is -0.370 e. The van der Waals surface area contributed by atoms with Gasteiger partial charge < -0.3 is 11.1 Å². The van der Waals surface area contributed by atoms with Crippen LogP contribution >= 0.6 is 11.3 Å². The van der Waals surface area contributed by atoms with E-state index in [1.54, 1.807) is 19.2 Å². The van der Waals surface area contributed by atoms with E-state index in [2.05, 4.69) is 10.3 Å². The van der Waals surface area contributed by atoms with Crippen LogP contribution in [0.2, 0.25) is 0 Å². The topological polar surface area (TPSA) is 87.8 Å². The van der Waals surface area contributed by atoms with Gasteiger partial charge in [0.15, 0.2) is 5.96 Å². The van der Waals surface area contributed by atoms with Crippen LogP contribution in [0.3, 0.4) is 0 Å². The Hall–Kier alpha value is -1.12. The molecule has 1 aromatic heterocycles. The quantitative estimate of drug-likeness (QED) is 0.600. The normalized spacial score (nSPS) is 13.1. The molecular weight excluding hydrogens is 260 g/mol. The average Bonchev–Trinajstić information content (AvgIpc) is 2.74. The molecule has 0 unspecified atom stereocenters. The summed E-state index contributed by atoms with van der Waals surface area (Å²) in [7, 11) is 1.26. The molecule has 1 heterocycles. The number of hydrogen-bond acceptors (Lipinski definition) is 4. The van der Waals surface area contributed by atoms with Gasteiger partial charge in [-0.15, -0.1) is 11.3 Å². The van der Waals surface area contributed by atoms with Gasteiger partial charge in [-0.2, -0.15) is 0 Å². The summed E-state index contributed by atoms with van der Waals surface area (Å²) >= 11 is 1.22. The first-order chi connectivity index (χ1) is 7.87. The Bertz CT molecular complexity index is 505. The Labute approximate surface area is 105 Å². The third-order valence-electron chi connectivity index (χ3n) is 2.06. The van der Waals surface area contributed by atoms with Gasteiger partial charge in [-0.05, 0) is 12.1 Å². The first-order valence-electron chi connectivity index (χ1n) is 4.85. The number of guanidine groups is 1. The van der Waals surface area contributed by atoms with Gasteiger partial charge in [0.25, 0.3) is 10.0 Å². The molecule has 1 aromatic rings. The van der Waals surface area contributed by atoms with Gasteiger partial charge in [-0.3, -0.25) is 4.99 Å². The second-order valence-electron chi connectivity index (χ2n) is 3.47. The molecule has 96 valence electrons. The minimum absolute atomic E-state index is 0.325. The lowest BCUT2D eigenvalue weighted by Gasteiger charge is -2.08. The molecule has 0 aliphatic carbocycles. The molecular formula is C9H16N4O2S2. The highest BCUT2D eigenvalue weighted by atomic mass is 32.2. The van der Waals surface area contributed by atoms with E-state index in [1.807, 2.05) is 0 Å². The van der Waals surface area contributed by atoms with Crippen molar-refractivity contribution in [1.29, 1.82) is 0 Å². The van der Waals surface area contributed by atoms with Crippen molar-refractivity contribution in [3.63, 3.8) is 0 Å². The van der Waals surface area contributed by atoms with Crippen LogP contribution in [0.1, 0.15) is 4.88 Å². The first-order valence-corrected chi connectivity index (χ1v) is 7.11. The van der Waals surface area contributed by atoms with E-state index in [0.717, 1.165) is 4.88 Å². The number of aliphatic imine (C=N–C) groups is 1. The summed E-state index contributed by atoms with van der Waals surface area (Å²) in [6.07, 6.45) is 0. The number of hydrogen-bond donors (Lipinski definition) is 2. The van der Waals surface area contributed by atoms with Crippen molar-refractivity contribution in [3.8, 4) is 0 Å². The zero-order valence-corrected chi connectivity index (χ0v) is 11.6. The Kier molecular flexibility index (Phi) is 4.49. The predicted molar refractivity (Wildman–Crippen MR) is 69.6 cm³/mol. The lowest BCUT2D eigenvalue weighted by atomic mass is 10.5. The zero-order valence-electron chi connectivity index (χ0n) is 9.97. The summed E-state index contributed by atoms with van der Waals surface area (Å²) in [6.45, 7) is 0.469. The molecule has 0 aliphatic rings. The lowest BCUT2D eigenvalue weighted by Crippen LogP contribution is -2.30. The van der Waals surface area contributed by atoms with Gasteiger partial charge in [0.05, 0.1) is 6.54 Å². The maximum absolute atomic E-state index is 11.8. The van der Waals surface area contributed by atoms with Crippen LogP contribution in [0.4, 0.5) is 0 Å². The summed E-state index contributed by atoms with van der Waals surface area (Å²) in [4.78, 5) is 4.63. The fraction of sp³-hybridized carbons (Fsp3) is 0.444. The van der Waals surface area contributed by atoms with Gasteiger partial charge >= 0.3 is 0 Å². The SMILES string of the molecule is CN=C(N)NCc1ccc(S(=O)(=O)N(C)C)s1. The van der Waals surface area contributed by atoms with Gasteiger partial charge in [-0.25, -0.2) is 12.7 Å². The van der Waals surface area contributed by atoms with Crippen molar-refractivity contribution < 1.29 is 8.42 Å². The third kappa shape index (κ3) is 3.42. The fourth-order valence-electron chi connectivity index (χ4n) is 1.03. The lowest BCUT2D eigenvalue weighted by molar-refractivity contribution is 0.523. The molecule has 6 nitrogen and oxygen atoms in total. The molecule has 0 saturated carbocycles. The van der Waals surface area contributed by atoms with Crippen LogP contribution in [-0.2, 0) is 16.6 Å². The number of rotatable bonds is 4. The van der Waals surface area contributed by atoms with E-state index in [-0.39, 0.29) is 0 Å². The number of nitrogens with zero attached hydrogens (tertiary/aromatic N) is 2. The average molecular weight is 276 g/mol. The van der Waals surface area contributed by atoms with Crippen LogP contribution in [0.15, 0.2) is 21.3 Å². The van der Waals surface area contributed by atoms with Crippen molar-refractivity contribution in [2.24, 2.45) is 10.7 Å². The highest BCUT2D eigenvalue weighted by Crippen LogP contribution is 2.23. The largest absolute Gasteiger partial charge is 0.370 e. The van der Waals surface area contributed by atoms with Crippen molar-refractivity contribution in [1.82, 2.24) is 9.62 Å². The van der Waals surface area contributed by atoms with Crippen LogP contribution in [0.5, 0.6) is 0 Å². The smallest absolute Gasteiger partial charge is 0.252 e. The van der Waals surface area contributed by atoms with Crippen molar-refractivity contribution >= 4 is 27.3 Å². The van der Waals surface area contributed by atoms with E-state index in [4.69, 9.17) is 5.73 Å². The number of thiophene rings is 1. The van der Waals surface area contributed by atoms with Crippen molar-refractivity contribution in [3.05, 3.63) is 17.0 Å². The van der Waals surface area contributed by atoms with E-state index >= 15 is 0 Å². The molecule has 0 spiro atoms. The van der Waals surface area contributed by atoms with Gasteiger partial charge in [0, 0.05) is 26.0 Å². The second-order valence-corrected chi connectivity index (χ2v) is 7.02. The zero-order chi connectivity index (χ0) is 13.1.